The quantitative estimate of drug-likeness (QED) is 0.932. The average molecular weight is 299 g/mol. The van der Waals surface area contributed by atoms with Gasteiger partial charge in [0.15, 0.2) is 0 Å². The van der Waals surface area contributed by atoms with E-state index in [1.54, 1.807) is 14.0 Å². The molecule has 112 valence electrons. The van der Waals surface area contributed by atoms with Gasteiger partial charge in [-0.05, 0) is 44.1 Å². The fourth-order valence-electron chi connectivity index (χ4n) is 2.90. The predicted octanol–water partition coefficient (Wildman–Crippen LogP) is 3.15. The van der Waals surface area contributed by atoms with E-state index in [0.29, 0.717) is 6.04 Å². The molecule has 0 aliphatic heterocycles. The Labute approximate surface area is 126 Å². The van der Waals surface area contributed by atoms with Crippen LogP contribution in [0.15, 0.2) is 18.2 Å². The van der Waals surface area contributed by atoms with E-state index in [9.17, 15) is 4.79 Å². The number of methoxy groups -OCH3 is 1. The van der Waals surface area contributed by atoms with Crippen molar-refractivity contribution >= 4 is 24.0 Å². The van der Waals surface area contributed by atoms with Gasteiger partial charge in [-0.3, -0.25) is 4.79 Å². The molecule has 0 heterocycles. The third-order valence-electron chi connectivity index (χ3n) is 3.74. The number of carbonyl (C=O) groups excluding carboxylic acids is 1. The molecule has 4 nitrogen and oxygen atoms in total. The van der Waals surface area contributed by atoms with Crippen LogP contribution in [-0.4, -0.2) is 32.0 Å². The van der Waals surface area contributed by atoms with Crippen LogP contribution >= 0.6 is 12.4 Å². The Bertz CT molecular complexity index is 477. The number of carbonyl (C=O) groups is 1. The van der Waals surface area contributed by atoms with E-state index >= 15 is 0 Å². The van der Waals surface area contributed by atoms with Crippen molar-refractivity contribution in [2.75, 3.05) is 26.5 Å². The molecular weight excluding hydrogens is 276 g/mol. The molecule has 2 rings (SSSR count). The second-order valence-electron chi connectivity index (χ2n) is 5.27. The van der Waals surface area contributed by atoms with Crippen molar-refractivity contribution in [3.63, 3.8) is 0 Å². The van der Waals surface area contributed by atoms with E-state index < -0.39 is 0 Å². The molecule has 0 fully saturated rings. The Kier molecular flexibility index (Phi) is 5.99. The monoisotopic (exact) mass is 298 g/mol. The summed E-state index contributed by atoms with van der Waals surface area (Å²) in [7, 11) is 5.90. The van der Waals surface area contributed by atoms with Crippen molar-refractivity contribution in [1.82, 2.24) is 4.90 Å². The highest BCUT2D eigenvalue weighted by molar-refractivity contribution is 5.90. The smallest absolute Gasteiger partial charge is 0.221 e. The van der Waals surface area contributed by atoms with Crippen LogP contribution in [0.4, 0.5) is 5.69 Å². The van der Waals surface area contributed by atoms with E-state index in [0.717, 1.165) is 18.5 Å². The second-order valence-corrected chi connectivity index (χ2v) is 5.27. The molecule has 1 aromatic carbocycles. The summed E-state index contributed by atoms with van der Waals surface area (Å²) < 4.78 is 5.57. The number of ether oxygens (including phenoxy) is 1. The van der Waals surface area contributed by atoms with Crippen LogP contribution in [0.5, 0.6) is 0 Å². The number of hydrogen-bond acceptors (Lipinski definition) is 3. The van der Waals surface area contributed by atoms with Gasteiger partial charge in [0.25, 0.3) is 0 Å². The Morgan fingerprint density at radius 3 is 2.60 bits per heavy atom. The van der Waals surface area contributed by atoms with E-state index in [1.165, 1.54) is 11.1 Å². The maximum absolute atomic E-state index is 11.4. The summed E-state index contributed by atoms with van der Waals surface area (Å²) in [5, 5.41) is 2.94. The number of hydrogen-bond donors (Lipinski definition) is 1. The first-order chi connectivity index (χ1) is 9.04. The zero-order valence-corrected chi connectivity index (χ0v) is 13.3. The number of amides is 1. The highest BCUT2D eigenvalue weighted by Crippen LogP contribution is 2.43. The van der Waals surface area contributed by atoms with Crippen LogP contribution in [-0.2, 0) is 9.53 Å². The zero-order chi connectivity index (χ0) is 14.0. The molecule has 1 aromatic rings. The van der Waals surface area contributed by atoms with Gasteiger partial charge in [-0.15, -0.1) is 12.4 Å². The minimum Gasteiger partial charge on any atom is -0.377 e. The first-order valence-electron chi connectivity index (χ1n) is 6.64. The standard InChI is InChI=1S/C15H22N2O2.ClH/c1-10(18)16-12-7-5-6-11-14(19-4)9-8-13(15(11)12)17(2)3;/h5-7,13-14H,8-9H2,1-4H3,(H,16,18);1H. The summed E-state index contributed by atoms with van der Waals surface area (Å²) in [5.74, 6) is -0.0366. The van der Waals surface area contributed by atoms with Gasteiger partial charge in [0, 0.05) is 25.8 Å². The third-order valence-corrected chi connectivity index (χ3v) is 3.74. The van der Waals surface area contributed by atoms with Crippen molar-refractivity contribution in [2.24, 2.45) is 0 Å². The van der Waals surface area contributed by atoms with Gasteiger partial charge in [0.1, 0.15) is 0 Å². The Hall–Kier alpha value is -1.10. The van der Waals surface area contributed by atoms with Crippen molar-refractivity contribution in [3.8, 4) is 0 Å². The van der Waals surface area contributed by atoms with Gasteiger partial charge in [0.05, 0.1) is 6.10 Å². The highest BCUT2D eigenvalue weighted by Gasteiger charge is 2.30. The topological polar surface area (TPSA) is 41.6 Å². The van der Waals surface area contributed by atoms with E-state index in [4.69, 9.17) is 4.74 Å². The molecule has 0 spiro atoms. The fourth-order valence-corrected chi connectivity index (χ4v) is 2.90. The molecule has 1 aliphatic carbocycles. The van der Waals surface area contributed by atoms with E-state index in [-0.39, 0.29) is 24.4 Å². The molecule has 20 heavy (non-hydrogen) atoms. The highest BCUT2D eigenvalue weighted by atomic mass is 35.5. The summed E-state index contributed by atoms with van der Waals surface area (Å²) in [6.45, 7) is 1.54. The maximum Gasteiger partial charge on any atom is 0.221 e. The molecule has 1 N–H and O–H groups in total. The molecule has 0 saturated carbocycles. The van der Waals surface area contributed by atoms with Crippen LogP contribution in [0.3, 0.4) is 0 Å². The van der Waals surface area contributed by atoms with Crippen LogP contribution in [0.1, 0.15) is 43.0 Å². The first kappa shape index (κ1) is 17.0. The number of halogens is 1. The molecular formula is C15H23ClN2O2. The normalized spacial score (nSPS) is 21.1. The van der Waals surface area contributed by atoms with Crippen molar-refractivity contribution in [1.29, 1.82) is 0 Å². The maximum atomic E-state index is 11.4. The summed E-state index contributed by atoms with van der Waals surface area (Å²) in [4.78, 5) is 13.6. The molecule has 1 aliphatic rings. The van der Waals surface area contributed by atoms with Gasteiger partial charge in [0.2, 0.25) is 5.91 Å². The van der Waals surface area contributed by atoms with Crippen LogP contribution in [0, 0.1) is 0 Å². The molecule has 2 atom stereocenters. The number of rotatable bonds is 3. The molecule has 1 amide bonds. The number of nitrogens with one attached hydrogen (secondary N) is 1. The number of benzene rings is 1. The molecule has 0 bridgehead atoms. The van der Waals surface area contributed by atoms with Gasteiger partial charge >= 0.3 is 0 Å². The lowest BCUT2D eigenvalue weighted by Crippen LogP contribution is -2.28. The zero-order valence-electron chi connectivity index (χ0n) is 12.5. The summed E-state index contributed by atoms with van der Waals surface area (Å²) in [6, 6.07) is 6.37. The van der Waals surface area contributed by atoms with Crippen LogP contribution in [0.25, 0.3) is 0 Å². The third kappa shape index (κ3) is 3.32. The molecule has 5 heteroatoms. The van der Waals surface area contributed by atoms with Crippen molar-refractivity contribution < 1.29 is 9.53 Å². The van der Waals surface area contributed by atoms with Crippen LogP contribution in [0.2, 0.25) is 0 Å². The second kappa shape index (κ2) is 7.07. The summed E-state index contributed by atoms with van der Waals surface area (Å²) in [5.41, 5.74) is 3.30. The van der Waals surface area contributed by atoms with Crippen molar-refractivity contribution in [3.05, 3.63) is 29.3 Å². The number of fused-ring (bicyclic) bond motifs is 1. The Morgan fingerprint density at radius 2 is 2.05 bits per heavy atom. The molecule has 0 saturated heterocycles. The predicted molar refractivity (Wildman–Crippen MR) is 83.4 cm³/mol. The number of anilines is 1. The lowest BCUT2D eigenvalue weighted by Gasteiger charge is -2.36. The molecule has 0 radical (unpaired) electrons. The first-order valence-corrected chi connectivity index (χ1v) is 6.64. The minimum atomic E-state index is -0.0366. The summed E-state index contributed by atoms with van der Waals surface area (Å²) >= 11 is 0. The van der Waals surface area contributed by atoms with E-state index in [1.807, 2.05) is 12.1 Å². The van der Waals surface area contributed by atoms with Gasteiger partial charge < -0.3 is 15.0 Å². The lowest BCUT2D eigenvalue weighted by molar-refractivity contribution is -0.114. The molecule has 2 unspecified atom stereocenters. The Balaban J connectivity index is 0.00000200. The molecule has 0 aromatic heterocycles. The van der Waals surface area contributed by atoms with E-state index in [2.05, 4.69) is 30.4 Å². The number of nitrogens with zero attached hydrogens (tertiary/aromatic N) is 1. The minimum absolute atomic E-state index is 0. The SMILES string of the molecule is COC1CCC(N(C)C)c2c(NC(C)=O)cccc21.Cl. The largest absolute Gasteiger partial charge is 0.377 e. The van der Waals surface area contributed by atoms with Gasteiger partial charge in [-0.2, -0.15) is 0 Å². The Morgan fingerprint density at radius 1 is 1.35 bits per heavy atom. The van der Waals surface area contributed by atoms with Crippen molar-refractivity contribution in [2.45, 2.75) is 31.9 Å². The van der Waals surface area contributed by atoms with Gasteiger partial charge in [-0.25, -0.2) is 0 Å². The van der Waals surface area contributed by atoms with Gasteiger partial charge in [-0.1, -0.05) is 12.1 Å². The lowest BCUT2D eigenvalue weighted by atomic mass is 9.84. The summed E-state index contributed by atoms with van der Waals surface area (Å²) in [6.07, 6.45) is 2.17. The fraction of sp³-hybridized carbons (Fsp3) is 0.533. The average Bonchev–Trinajstić information content (AvgIpc) is 2.36. The van der Waals surface area contributed by atoms with Crippen LogP contribution < -0.4 is 5.32 Å².